The number of rotatable bonds is 4. The van der Waals surface area contributed by atoms with E-state index in [2.05, 4.69) is 15.0 Å². The molecule has 8 nitrogen and oxygen atoms in total. The first-order valence-corrected chi connectivity index (χ1v) is 8.69. The lowest BCUT2D eigenvalue weighted by molar-refractivity contribution is -0.385. The minimum Gasteiger partial charge on any atom is -0.306 e. The summed E-state index contributed by atoms with van der Waals surface area (Å²) >= 11 is 0. The summed E-state index contributed by atoms with van der Waals surface area (Å²) in [4.78, 5) is 36.1. The van der Waals surface area contributed by atoms with Crippen molar-refractivity contribution in [3.05, 3.63) is 85.8 Å². The van der Waals surface area contributed by atoms with Crippen molar-refractivity contribution in [2.24, 2.45) is 0 Å². The molecule has 0 bridgehead atoms. The number of pyridine rings is 1. The molecule has 0 saturated heterocycles. The third-order valence-electron chi connectivity index (χ3n) is 4.74. The molecule has 0 fully saturated rings. The number of non-ortho nitro benzene ring substituents is 1. The van der Waals surface area contributed by atoms with E-state index in [1.807, 2.05) is 4.90 Å². The number of nitrogens with zero attached hydrogens (tertiary/aromatic N) is 4. The molecule has 3 heterocycles. The average molecular weight is 381 g/mol. The molecule has 0 unspecified atom stereocenters. The van der Waals surface area contributed by atoms with Gasteiger partial charge in [-0.3, -0.25) is 24.8 Å². The third kappa shape index (κ3) is 3.52. The zero-order valence-electron chi connectivity index (χ0n) is 14.8. The van der Waals surface area contributed by atoms with Gasteiger partial charge in [0.2, 0.25) is 0 Å². The molecule has 0 amide bonds. The van der Waals surface area contributed by atoms with E-state index in [-0.39, 0.29) is 23.4 Å². The van der Waals surface area contributed by atoms with Crippen LogP contribution in [0.3, 0.4) is 0 Å². The van der Waals surface area contributed by atoms with Crippen LogP contribution in [0.15, 0.2) is 47.5 Å². The Morgan fingerprint density at radius 1 is 1.25 bits per heavy atom. The number of hydrogen-bond donors (Lipinski definition) is 1. The summed E-state index contributed by atoms with van der Waals surface area (Å²) < 4.78 is 14.1. The average Bonchev–Trinajstić information content (AvgIpc) is 2.70. The van der Waals surface area contributed by atoms with Gasteiger partial charge >= 0.3 is 0 Å². The number of nitrogens with one attached hydrogen (secondary N) is 1. The lowest BCUT2D eigenvalue weighted by Crippen LogP contribution is -2.35. The second-order valence-electron chi connectivity index (χ2n) is 6.57. The first-order valence-electron chi connectivity index (χ1n) is 8.69. The minimum absolute atomic E-state index is 0.157. The summed E-state index contributed by atoms with van der Waals surface area (Å²) in [5, 5.41) is 10.9. The Labute approximate surface area is 158 Å². The molecule has 0 atom stereocenters. The van der Waals surface area contributed by atoms with Crippen LogP contribution in [0.4, 0.5) is 10.1 Å². The smallest absolute Gasteiger partial charge is 0.269 e. The van der Waals surface area contributed by atoms with Gasteiger partial charge in [-0.2, -0.15) is 0 Å². The van der Waals surface area contributed by atoms with Crippen LogP contribution in [0.1, 0.15) is 16.8 Å². The van der Waals surface area contributed by atoms with Crippen LogP contribution in [-0.4, -0.2) is 31.3 Å². The van der Waals surface area contributed by atoms with Crippen molar-refractivity contribution in [2.45, 2.75) is 19.5 Å². The van der Waals surface area contributed by atoms with Gasteiger partial charge in [-0.25, -0.2) is 9.37 Å². The highest BCUT2D eigenvalue weighted by Crippen LogP contribution is 2.22. The number of H-pyrrole nitrogens is 1. The standard InChI is InChI=1S/C19H16FN5O3/c20-16-2-1-14(25(27)28)9-13(16)10-24-8-5-17-15(11-24)19(26)23-18(22-17)12-3-6-21-7-4-12/h1-4,6-7,9H,5,8,10-11H2,(H,22,23,26). The second kappa shape index (κ2) is 7.28. The van der Waals surface area contributed by atoms with Gasteiger partial charge in [0.1, 0.15) is 11.6 Å². The Morgan fingerprint density at radius 2 is 2.04 bits per heavy atom. The molecule has 3 aromatic rings. The molecule has 1 aliphatic heterocycles. The first-order chi connectivity index (χ1) is 13.5. The Hall–Kier alpha value is -3.46. The van der Waals surface area contributed by atoms with E-state index >= 15 is 0 Å². The van der Waals surface area contributed by atoms with E-state index < -0.39 is 10.7 Å². The second-order valence-corrected chi connectivity index (χ2v) is 6.57. The number of aromatic amines is 1. The Kier molecular flexibility index (Phi) is 4.66. The molecule has 9 heteroatoms. The van der Waals surface area contributed by atoms with Gasteiger partial charge in [-0.1, -0.05) is 0 Å². The number of hydrogen-bond acceptors (Lipinski definition) is 6. The van der Waals surface area contributed by atoms with Crippen LogP contribution in [-0.2, 0) is 19.5 Å². The van der Waals surface area contributed by atoms with Crippen LogP contribution in [0.25, 0.3) is 11.4 Å². The predicted molar refractivity (Wildman–Crippen MR) is 99.0 cm³/mol. The van der Waals surface area contributed by atoms with Crippen LogP contribution in [0.2, 0.25) is 0 Å². The summed E-state index contributed by atoms with van der Waals surface area (Å²) in [5.74, 6) is -0.0132. The van der Waals surface area contributed by atoms with Gasteiger partial charge < -0.3 is 4.98 Å². The maximum Gasteiger partial charge on any atom is 0.269 e. The fraction of sp³-hybridized carbons (Fsp3) is 0.211. The molecule has 0 radical (unpaired) electrons. The summed E-state index contributed by atoms with van der Waals surface area (Å²) in [7, 11) is 0. The van der Waals surface area contributed by atoms with Crippen molar-refractivity contribution < 1.29 is 9.31 Å². The van der Waals surface area contributed by atoms with Crippen molar-refractivity contribution in [2.75, 3.05) is 6.54 Å². The highest BCUT2D eigenvalue weighted by atomic mass is 19.1. The molecule has 0 saturated carbocycles. The quantitative estimate of drug-likeness (QED) is 0.550. The van der Waals surface area contributed by atoms with Crippen molar-refractivity contribution in [1.29, 1.82) is 0 Å². The van der Waals surface area contributed by atoms with Crippen LogP contribution in [0, 0.1) is 15.9 Å². The first kappa shape index (κ1) is 17.9. The van der Waals surface area contributed by atoms with Crippen molar-refractivity contribution >= 4 is 5.69 Å². The van der Waals surface area contributed by atoms with Crippen molar-refractivity contribution in [3.8, 4) is 11.4 Å². The van der Waals surface area contributed by atoms with E-state index in [1.165, 1.54) is 6.07 Å². The molecule has 28 heavy (non-hydrogen) atoms. The largest absolute Gasteiger partial charge is 0.306 e. The van der Waals surface area contributed by atoms with E-state index in [9.17, 15) is 19.3 Å². The molecular weight excluding hydrogens is 365 g/mol. The lowest BCUT2D eigenvalue weighted by atomic mass is 10.1. The molecule has 0 spiro atoms. The highest BCUT2D eigenvalue weighted by molar-refractivity contribution is 5.54. The fourth-order valence-electron chi connectivity index (χ4n) is 3.30. The monoisotopic (exact) mass is 381 g/mol. The topological polar surface area (TPSA) is 105 Å². The molecule has 1 N–H and O–H groups in total. The molecule has 4 rings (SSSR count). The summed E-state index contributed by atoms with van der Waals surface area (Å²) in [5.41, 5.74) is 1.86. The van der Waals surface area contributed by atoms with Gasteiger partial charge in [-0.15, -0.1) is 0 Å². The normalized spacial score (nSPS) is 13.9. The molecule has 2 aromatic heterocycles. The maximum absolute atomic E-state index is 14.1. The molecule has 142 valence electrons. The number of nitro benzene ring substituents is 1. The Morgan fingerprint density at radius 3 is 2.79 bits per heavy atom. The fourth-order valence-corrected chi connectivity index (χ4v) is 3.30. The number of benzene rings is 1. The molecule has 0 aliphatic carbocycles. The maximum atomic E-state index is 14.1. The zero-order chi connectivity index (χ0) is 19.7. The van der Waals surface area contributed by atoms with E-state index in [0.29, 0.717) is 36.6 Å². The van der Waals surface area contributed by atoms with E-state index in [1.54, 1.807) is 24.5 Å². The zero-order valence-corrected chi connectivity index (χ0v) is 14.8. The number of fused-ring (bicyclic) bond motifs is 1. The number of halogens is 1. The van der Waals surface area contributed by atoms with E-state index in [4.69, 9.17) is 0 Å². The Bertz CT molecular complexity index is 1100. The van der Waals surface area contributed by atoms with Gasteiger partial charge in [0.15, 0.2) is 0 Å². The van der Waals surface area contributed by atoms with Gasteiger partial charge in [0, 0.05) is 61.7 Å². The van der Waals surface area contributed by atoms with Crippen LogP contribution < -0.4 is 5.56 Å². The van der Waals surface area contributed by atoms with Crippen LogP contribution >= 0.6 is 0 Å². The van der Waals surface area contributed by atoms with Gasteiger partial charge in [-0.05, 0) is 18.2 Å². The summed E-state index contributed by atoms with van der Waals surface area (Å²) in [6.45, 7) is 1.05. The Balaban J connectivity index is 1.58. The highest BCUT2D eigenvalue weighted by Gasteiger charge is 2.23. The SMILES string of the molecule is O=c1[nH]c(-c2ccncc2)nc2c1CN(Cc1cc([N+](=O)[O-])ccc1F)CC2. The molecular formula is C19H16FN5O3. The minimum atomic E-state index is -0.552. The summed E-state index contributed by atoms with van der Waals surface area (Å²) in [6.07, 6.45) is 3.79. The van der Waals surface area contributed by atoms with Crippen molar-refractivity contribution in [1.82, 2.24) is 19.9 Å². The van der Waals surface area contributed by atoms with E-state index in [0.717, 1.165) is 17.7 Å². The lowest BCUT2D eigenvalue weighted by Gasteiger charge is -2.27. The van der Waals surface area contributed by atoms with Gasteiger partial charge in [0.25, 0.3) is 11.2 Å². The van der Waals surface area contributed by atoms with Gasteiger partial charge in [0.05, 0.1) is 16.2 Å². The summed E-state index contributed by atoms with van der Waals surface area (Å²) in [6, 6.07) is 7.01. The predicted octanol–water partition coefficient (Wildman–Crippen LogP) is 2.44. The van der Waals surface area contributed by atoms with Crippen LogP contribution in [0.5, 0.6) is 0 Å². The molecule has 1 aromatic carbocycles. The third-order valence-corrected chi connectivity index (χ3v) is 4.74. The molecule has 1 aliphatic rings. The number of aromatic nitrogens is 3. The number of nitro groups is 1. The van der Waals surface area contributed by atoms with Crippen molar-refractivity contribution in [3.63, 3.8) is 0 Å².